The van der Waals surface area contributed by atoms with Crippen molar-refractivity contribution in [3.05, 3.63) is 60.2 Å². The lowest BCUT2D eigenvalue weighted by molar-refractivity contribution is -0.146. The molecule has 0 aromatic heterocycles. The minimum Gasteiger partial charge on any atom is -0.496 e. The van der Waals surface area contributed by atoms with Crippen LogP contribution in [0.4, 0.5) is 0 Å². The molecule has 1 heterocycles. The van der Waals surface area contributed by atoms with E-state index in [1.165, 1.54) is 18.0 Å². The zero-order chi connectivity index (χ0) is 25.6. The monoisotopic (exact) mass is 563 g/mol. The highest BCUT2D eigenvalue weighted by Crippen LogP contribution is 2.27. The van der Waals surface area contributed by atoms with Crippen molar-refractivity contribution in [3.8, 4) is 0 Å². The van der Waals surface area contributed by atoms with E-state index in [0.717, 1.165) is 16.3 Å². The summed E-state index contributed by atoms with van der Waals surface area (Å²) in [5.41, 5.74) is 0.946. The molecule has 1 unspecified atom stereocenters. The molecule has 35 heavy (non-hydrogen) atoms. The molecule has 0 saturated carbocycles. The lowest BCUT2D eigenvalue weighted by Gasteiger charge is -2.25. The largest absolute Gasteiger partial charge is 0.635 e. The van der Waals surface area contributed by atoms with E-state index < -0.39 is 45.9 Å². The fourth-order valence-electron chi connectivity index (χ4n) is 3.26. The van der Waals surface area contributed by atoms with Crippen LogP contribution in [0.5, 0.6) is 0 Å². The molecule has 1 fully saturated rings. The maximum atomic E-state index is 12.4. The number of hydrogen-bond acceptors (Lipinski definition) is 9. The lowest BCUT2D eigenvalue weighted by atomic mass is 9.80. The van der Waals surface area contributed by atoms with Crippen LogP contribution in [-0.2, 0) is 44.1 Å². The molecule has 1 saturated heterocycles. The first-order valence-corrected chi connectivity index (χ1v) is 12.7. The second-order valence-corrected chi connectivity index (χ2v) is 11.4. The van der Waals surface area contributed by atoms with E-state index in [0.29, 0.717) is 6.42 Å². The molecule has 0 bridgehead atoms. The first-order valence-electron chi connectivity index (χ1n) is 10.3. The molecule has 14 heteroatoms. The van der Waals surface area contributed by atoms with Gasteiger partial charge in [0.05, 0.1) is 13.1 Å². The minimum atomic E-state index is -4.76. The number of alkyl halides is 3. The topological polar surface area (TPSA) is 108 Å². The number of carbonyl (C=O) groups excluding carboxylic acids is 2. The van der Waals surface area contributed by atoms with Crippen LogP contribution in [0.1, 0.15) is 5.56 Å². The number of carbonyl (C=O) groups is 2. The molecule has 2 aromatic rings. The Hall–Kier alpha value is -1.86. The third kappa shape index (κ3) is 8.95. The number of allylic oxidation sites excluding steroid dienone is 1. The van der Waals surface area contributed by atoms with Crippen LogP contribution in [0.15, 0.2) is 54.6 Å². The average Bonchev–Trinajstić information content (AvgIpc) is 2.75. The summed E-state index contributed by atoms with van der Waals surface area (Å²) in [6.45, 7) is -1.26. The summed E-state index contributed by atoms with van der Waals surface area (Å²) in [5, 5.41) is 2.03. The molecule has 1 atom stereocenters. The molecule has 1 aliphatic heterocycles. The molecule has 0 amide bonds. The van der Waals surface area contributed by atoms with Gasteiger partial charge >= 0.3 is 29.5 Å². The van der Waals surface area contributed by atoms with Crippen molar-refractivity contribution in [2.75, 3.05) is 26.7 Å². The highest BCUT2D eigenvalue weighted by Gasteiger charge is 2.42. The third-order valence-electron chi connectivity index (χ3n) is 4.70. The lowest BCUT2D eigenvalue weighted by Crippen LogP contribution is -2.48. The van der Waals surface area contributed by atoms with Crippen LogP contribution in [-0.4, -0.2) is 68.9 Å². The Morgan fingerprint density at radius 2 is 1.71 bits per heavy atom. The van der Waals surface area contributed by atoms with Gasteiger partial charge < -0.3 is 9.31 Å². The second-order valence-electron chi connectivity index (χ2n) is 7.64. The van der Waals surface area contributed by atoms with Gasteiger partial charge in [0.1, 0.15) is 6.61 Å². The summed E-state index contributed by atoms with van der Waals surface area (Å²) in [5.74, 6) is -1.50. The van der Waals surface area contributed by atoms with Crippen molar-refractivity contribution >= 4 is 75.0 Å². The normalized spacial score (nSPS) is 17.2. The predicted octanol–water partition coefficient (Wildman–Crippen LogP) is 3.01. The van der Waals surface area contributed by atoms with Gasteiger partial charge in [-0.25, -0.2) is 8.37 Å². The van der Waals surface area contributed by atoms with E-state index in [2.05, 4.69) is 4.18 Å². The molecule has 0 radical (unpaired) electrons. The fraction of sp³-hybridized carbons (Fsp3) is 0.333. The molecule has 3 rings (SSSR count). The van der Waals surface area contributed by atoms with Gasteiger partial charge in [-0.2, -0.15) is 8.42 Å². The predicted molar refractivity (Wildman–Crippen MR) is 132 cm³/mol. The number of benzene rings is 2. The Labute approximate surface area is 218 Å². The summed E-state index contributed by atoms with van der Waals surface area (Å²) in [6, 6.07) is 11.9. The molecular weight excluding hydrogens is 543 g/mol. The Morgan fingerprint density at radius 1 is 1.09 bits per heavy atom. The Kier molecular flexibility index (Phi) is 9.44. The summed E-state index contributed by atoms with van der Waals surface area (Å²) in [4.78, 5) is 25.7. The van der Waals surface area contributed by atoms with Gasteiger partial charge in [-0.15, -0.1) is 0 Å². The number of nitrogens with zero attached hydrogens (tertiary/aromatic N) is 1. The smallest absolute Gasteiger partial charge is 0.496 e. The van der Waals surface area contributed by atoms with E-state index >= 15 is 0 Å². The molecule has 0 spiro atoms. The molecule has 9 nitrogen and oxygen atoms in total. The number of fused-ring (bicyclic) bond motifs is 1. The highest BCUT2D eigenvalue weighted by atomic mass is 35.6. The highest BCUT2D eigenvalue weighted by molar-refractivity contribution is 7.82. The van der Waals surface area contributed by atoms with Crippen LogP contribution in [0, 0.1) is 0 Å². The van der Waals surface area contributed by atoms with Crippen molar-refractivity contribution in [2.45, 2.75) is 16.2 Å². The maximum Gasteiger partial charge on any atom is 0.635 e. The van der Waals surface area contributed by atoms with E-state index in [4.69, 9.17) is 48.3 Å². The molecule has 188 valence electrons. The SMILES string of the molecule is CN1CC(=O)OB(C(/C=C/Cc2cccc3ccccc23)OS(=O)(=O)OCC(Cl)(Cl)Cl)OC(=O)C1. The third-order valence-corrected chi connectivity index (χ3v) is 5.89. The van der Waals surface area contributed by atoms with Crippen LogP contribution < -0.4 is 0 Å². The van der Waals surface area contributed by atoms with Crippen molar-refractivity contribution in [1.29, 1.82) is 0 Å². The van der Waals surface area contributed by atoms with E-state index in [-0.39, 0.29) is 13.1 Å². The minimum absolute atomic E-state index is 0.214. The summed E-state index contributed by atoms with van der Waals surface area (Å²) < 4.78 is 42.7. The number of hydrogen-bond donors (Lipinski definition) is 0. The zero-order valence-corrected chi connectivity index (χ0v) is 21.5. The van der Waals surface area contributed by atoms with Crippen molar-refractivity contribution < 1.29 is 35.7 Å². The van der Waals surface area contributed by atoms with Crippen LogP contribution in [0.2, 0.25) is 0 Å². The molecule has 2 aromatic carbocycles. The number of halogens is 3. The van der Waals surface area contributed by atoms with Crippen molar-refractivity contribution in [3.63, 3.8) is 0 Å². The molecular formula is C21H21BCl3NO8S. The summed E-state index contributed by atoms with van der Waals surface area (Å²) >= 11 is 16.6. The van der Waals surface area contributed by atoms with Crippen molar-refractivity contribution in [2.24, 2.45) is 0 Å². The van der Waals surface area contributed by atoms with Crippen LogP contribution in [0.25, 0.3) is 10.8 Å². The van der Waals surface area contributed by atoms with Gasteiger partial charge in [0.15, 0.2) is 6.00 Å². The van der Waals surface area contributed by atoms with Crippen molar-refractivity contribution in [1.82, 2.24) is 4.90 Å². The van der Waals surface area contributed by atoms with Gasteiger partial charge in [-0.1, -0.05) is 89.4 Å². The first-order chi connectivity index (χ1) is 16.4. The van der Waals surface area contributed by atoms with E-state index in [1.807, 2.05) is 42.5 Å². The summed E-state index contributed by atoms with van der Waals surface area (Å²) in [7, 11) is -4.93. The average molecular weight is 565 g/mol. The number of rotatable bonds is 8. The van der Waals surface area contributed by atoms with Gasteiger partial charge in [0, 0.05) is 0 Å². The quantitative estimate of drug-likeness (QED) is 0.272. The Morgan fingerprint density at radius 3 is 2.37 bits per heavy atom. The Bertz CT molecular complexity index is 1180. The van der Waals surface area contributed by atoms with E-state index in [1.54, 1.807) is 6.08 Å². The fourth-order valence-corrected chi connectivity index (χ4v) is 4.42. The maximum absolute atomic E-state index is 12.4. The zero-order valence-electron chi connectivity index (χ0n) is 18.4. The van der Waals surface area contributed by atoms with Gasteiger partial charge in [-0.3, -0.25) is 14.5 Å². The molecule has 0 N–H and O–H groups in total. The number of likely N-dealkylation sites (N-methyl/N-ethyl adjacent to an activating group) is 1. The van der Waals surface area contributed by atoms with Crippen LogP contribution in [0.3, 0.4) is 0 Å². The first kappa shape index (κ1) is 27.7. The molecule has 1 aliphatic rings. The summed E-state index contributed by atoms with van der Waals surface area (Å²) in [6.07, 6.45) is 3.27. The second kappa shape index (κ2) is 11.9. The van der Waals surface area contributed by atoms with Gasteiger partial charge in [-0.05, 0) is 29.8 Å². The van der Waals surface area contributed by atoms with Gasteiger partial charge in [0.25, 0.3) is 0 Å². The van der Waals surface area contributed by atoms with E-state index in [9.17, 15) is 18.0 Å². The standard InChI is InChI=1S/C21H21BCl3NO8S/c1-26-12-19(27)32-22(33-20(28)13-26)18(34-35(29,30)31-14-21(23,24)25)11-5-9-16-8-4-7-15-6-2-3-10-17(15)16/h2-8,10-11,18H,9,12-14H2,1H3/b11-5+. The van der Waals surface area contributed by atoms with Gasteiger partial charge in [0.2, 0.25) is 3.79 Å². The van der Waals surface area contributed by atoms with Crippen LogP contribution >= 0.6 is 34.8 Å². The molecule has 0 aliphatic carbocycles. The Balaban J connectivity index is 1.84.